The van der Waals surface area contributed by atoms with Crippen LogP contribution in [0.15, 0.2) is 267 Å². The number of aromatic nitrogens is 1. The molecule has 0 atom stereocenters. The Morgan fingerprint density at radius 2 is 0.853 bits per heavy atom. The van der Waals surface area contributed by atoms with E-state index in [4.69, 9.17) is 0 Å². The van der Waals surface area contributed by atoms with E-state index in [9.17, 15) is 0 Å². The van der Waals surface area contributed by atoms with Crippen molar-refractivity contribution in [3.8, 4) is 22.3 Å². The first-order chi connectivity index (χ1) is 33.8. The Bertz CT molecular complexity index is 3840. The Kier molecular flexibility index (Phi) is 8.45. The van der Waals surface area contributed by atoms with E-state index in [2.05, 4.69) is 276 Å². The molecular formula is C66H44N2. The van der Waals surface area contributed by atoms with E-state index in [-0.39, 0.29) is 0 Å². The Morgan fingerprint density at radius 1 is 0.309 bits per heavy atom. The summed E-state index contributed by atoms with van der Waals surface area (Å²) in [5, 5.41) is 4.89. The highest BCUT2D eigenvalue weighted by Crippen LogP contribution is 2.60. The van der Waals surface area contributed by atoms with Crippen molar-refractivity contribution < 1.29 is 0 Å². The molecule has 2 aliphatic rings. The van der Waals surface area contributed by atoms with Crippen LogP contribution in [0.5, 0.6) is 0 Å². The summed E-state index contributed by atoms with van der Waals surface area (Å²) in [6.45, 7) is 0. The summed E-state index contributed by atoms with van der Waals surface area (Å²) in [5.74, 6) is 0. The van der Waals surface area contributed by atoms with Crippen LogP contribution in [-0.2, 0) is 11.0 Å². The highest BCUT2D eigenvalue weighted by molar-refractivity contribution is 6.11. The lowest BCUT2D eigenvalue weighted by molar-refractivity contribution is 0.564. The molecule has 0 bridgehead atoms. The van der Waals surface area contributed by atoms with Crippen molar-refractivity contribution in [2.75, 3.05) is 4.90 Å². The fourth-order valence-corrected chi connectivity index (χ4v) is 12.4. The average Bonchev–Trinajstić information content (AvgIpc) is 4.02. The Morgan fingerprint density at radius 3 is 1.56 bits per heavy atom. The summed E-state index contributed by atoms with van der Waals surface area (Å²) in [4.78, 5) is 2.49. The van der Waals surface area contributed by atoms with E-state index < -0.39 is 11.0 Å². The Labute approximate surface area is 396 Å². The molecule has 2 aliphatic carbocycles. The van der Waals surface area contributed by atoms with E-state index in [1.165, 1.54) is 93.8 Å². The average molecular weight is 865 g/mol. The highest BCUT2D eigenvalue weighted by Gasteiger charge is 2.49. The van der Waals surface area contributed by atoms with Crippen molar-refractivity contribution in [3.63, 3.8) is 0 Å². The van der Waals surface area contributed by atoms with Crippen LogP contribution in [0.2, 0.25) is 0 Å². The lowest BCUT2D eigenvalue weighted by atomic mass is 9.68. The van der Waals surface area contributed by atoms with Gasteiger partial charge in [-0.1, -0.05) is 218 Å². The monoisotopic (exact) mass is 864 g/mol. The quantitative estimate of drug-likeness (QED) is 0.155. The van der Waals surface area contributed by atoms with Crippen LogP contribution in [0.3, 0.4) is 0 Å². The lowest BCUT2D eigenvalue weighted by Gasteiger charge is -2.37. The molecule has 0 unspecified atom stereocenters. The van der Waals surface area contributed by atoms with Gasteiger partial charge in [0.05, 0.1) is 22.1 Å². The number of benzene rings is 11. The fraction of sp³-hybridized carbons (Fsp3) is 0.0303. The van der Waals surface area contributed by atoms with Crippen LogP contribution in [0.1, 0.15) is 38.9 Å². The third-order valence-corrected chi connectivity index (χ3v) is 15.1. The number of fused-ring (bicyclic) bond motifs is 10. The minimum atomic E-state index is -0.665. The fourth-order valence-electron chi connectivity index (χ4n) is 12.4. The number of nitrogens with zero attached hydrogens (tertiary/aromatic N) is 2. The van der Waals surface area contributed by atoms with E-state index >= 15 is 0 Å². The second kappa shape index (κ2) is 14.9. The standard InChI is InChI=1S/C66H44N2/c1-4-23-47(24-5-1)65(48-25-6-2-7-26-48)57-33-16-14-32-55(57)64-60(65)36-20-38-63(64)67(50-27-8-3-9-28-50)51-41-42-62-56(44-51)54-31-15-19-37-61(54)68(62)66(49-40-39-45-21-10-11-22-46(45)43-49)58-34-17-12-29-52(58)53-30-13-18-35-59(53)66/h1-44H. The topological polar surface area (TPSA) is 8.17 Å². The third-order valence-electron chi connectivity index (χ3n) is 15.1. The first-order valence-corrected chi connectivity index (χ1v) is 23.7. The van der Waals surface area contributed by atoms with Crippen molar-refractivity contribution >= 4 is 49.6 Å². The largest absolute Gasteiger partial charge is 0.322 e. The van der Waals surface area contributed by atoms with Gasteiger partial charge in [-0.25, -0.2) is 0 Å². The van der Waals surface area contributed by atoms with Crippen LogP contribution in [0, 0.1) is 0 Å². The molecule has 68 heavy (non-hydrogen) atoms. The molecule has 0 saturated carbocycles. The van der Waals surface area contributed by atoms with Crippen molar-refractivity contribution in [2.45, 2.75) is 11.0 Å². The summed E-state index contributed by atoms with van der Waals surface area (Å²) in [6, 6.07) is 99.3. The van der Waals surface area contributed by atoms with Crippen LogP contribution < -0.4 is 4.90 Å². The molecule has 0 N–H and O–H groups in total. The number of rotatable bonds is 7. The van der Waals surface area contributed by atoms with Crippen LogP contribution in [0.25, 0.3) is 54.8 Å². The molecule has 1 aromatic heterocycles. The normalized spacial score (nSPS) is 13.8. The molecule has 11 aromatic carbocycles. The molecular weight excluding hydrogens is 821 g/mol. The maximum absolute atomic E-state index is 2.66. The number of anilines is 3. The molecule has 0 amide bonds. The van der Waals surface area contributed by atoms with Gasteiger partial charge in [0.2, 0.25) is 0 Å². The zero-order valence-electron chi connectivity index (χ0n) is 37.3. The van der Waals surface area contributed by atoms with Gasteiger partial charge in [-0.05, 0) is 115 Å². The molecule has 2 heteroatoms. The van der Waals surface area contributed by atoms with Gasteiger partial charge in [-0.15, -0.1) is 0 Å². The SMILES string of the molecule is c1ccc(N(c2ccc3c(c2)c2ccccc2n3C2(c3ccc4ccccc4c3)c3ccccc3-c3ccccc32)c2cccc3c2-c2ccccc2C3(c2ccccc2)c2ccccc2)cc1. The minimum Gasteiger partial charge on any atom is -0.322 e. The summed E-state index contributed by atoms with van der Waals surface area (Å²) in [5.41, 5.74) is 18.5. The van der Waals surface area contributed by atoms with Gasteiger partial charge < -0.3 is 9.47 Å². The van der Waals surface area contributed by atoms with Gasteiger partial charge in [-0.3, -0.25) is 0 Å². The maximum atomic E-state index is 2.66. The second-order valence-electron chi connectivity index (χ2n) is 18.3. The second-order valence-corrected chi connectivity index (χ2v) is 18.3. The van der Waals surface area contributed by atoms with Crippen molar-refractivity contribution in [1.29, 1.82) is 0 Å². The van der Waals surface area contributed by atoms with E-state index in [0.29, 0.717) is 0 Å². The first-order valence-electron chi connectivity index (χ1n) is 23.7. The van der Waals surface area contributed by atoms with Gasteiger partial charge >= 0.3 is 0 Å². The Balaban J connectivity index is 1.06. The number of hydrogen-bond donors (Lipinski definition) is 0. The predicted molar refractivity (Wildman–Crippen MR) is 283 cm³/mol. The number of para-hydroxylation sites is 2. The summed E-state index contributed by atoms with van der Waals surface area (Å²) in [6.07, 6.45) is 0. The summed E-state index contributed by atoms with van der Waals surface area (Å²) < 4.78 is 2.66. The lowest BCUT2D eigenvalue weighted by Crippen LogP contribution is -2.35. The minimum absolute atomic E-state index is 0.519. The molecule has 14 rings (SSSR count). The van der Waals surface area contributed by atoms with Crippen LogP contribution >= 0.6 is 0 Å². The zero-order chi connectivity index (χ0) is 44.8. The van der Waals surface area contributed by atoms with Crippen LogP contribution in [-0.4, -0.2) is 4.57 Å². The summed E-state index contributed by atoms with van der Waals surface area (Å²) in [7, 11) is 0. The molecule has 318 valence electrons. The molecule has 2 nitrogen and oxygen atoms in total. The number of hydrogen-bond acceptors (Lipinski definition) is 1. The van der Waals surface area contributed by atoms with Gasteiger partial charge in [0.25, 0.3) is 0 Å². The zero-order valence-corrected chi connectivity index (χ0v) is 37.3. The van der Waals surface area contributed by atoms with Crippen molar-refractivity contribution in [2.24, 2.45) is 0 Å². The molecule has 0 spiro atoms. The van der Waals surface area contributed by atoms with Crippen LogP contribution in [0.4, 0.5) is 17.1 Å². The Hall–Kier alpha value is -8.72. The summed E-state index contributed by atoms with van der Waals surface area (Å²) >= 11 is 0. The molecule has 12 aromatic rings. The smallest absolute Gasteiger partial charge is 0.122 e. The van der Waals surface area contributed by atoms with Gasteiger partial charge in [0.15, 0.2) is 0 Å². The molecule has 0 saturated heterocycles. The van der Waals surface area contributed by atoms with Gasteiger partial charge in [0.1, 0.15) is 5.54 Å². The highest BCUT2D eigenvalue weighted by atomic mass is 15.1. The molecule has 0 fully saturated rings. The van der Waals surface area contributed by atoms with E-state index in [1.54, 1.807) is 0 Å². The predicted octanol–water partition coefficient (Wildman–Crippen LogP) is 16.6. The third kappa shape index (κ3) is 5.23. The molecule has 0 radical (unpaired) electrons. The van der Waals surface area contributed by atoms with E-state index in [0.717, 1.165) is 17.1 Å². The van der Waals surface area contributed by atoms with Gasteiger partial charge in [0, 0.05) is 27.7 Å². The van der Waals surface area contributed by atoms with Gasteiger partial charge in [-0.2, -0.15) is 0 Å². The maximum Gasteiger partial charge on any atom is 0.122 e. The molecule has 0 aliphatic heterocycles. The first kappa shape index (κ1) is 38.5. The molecule has 1 heterocycles. The van der Waals surface area contributed by atoms with Crippen molar-refractivity contribution in [1.82, 2.24) is 4.57 Å². The van der Waals surface area contributed by atoms with Crippen molar-refractivity contribution in [3.05, 3.63) is 306 Å². The van der Waals surface area contributed by atoms with E-state index in [1.807, 2.05) is 0 Å².